The maximum absolute atomic E-state index is 14.9. The van der Waals surface area contributed by atoms with Crippen LogP contribution in [0.25, 0.3) is 28.1 Å². The van der Waals surface area contributed by atoms with Crippen molar-refractivity contribution in [2.45, 2.75) is 32.2 Å². The molecule has 162 valence electrons. The van der Waals surface area contributed by atoms with Crippen molar-refractivity contribution in [3.05, 3.63) is 96.4 Å². The van der Waals surface area contributed by atoms with E-state index in [0.717, 1.165) is 42.1 Å². The molecule has 1 aliphatic rings. The summed E-state index contributed by atoms with van der Waals surface area (Å²) in [5.74, 6) is -0.215. The summed E-state index contributed by atoms with van der Waals surface area (Å²) in [6.07, 6.45) is 6.96. The van der Waals surface area contributed by atoms with E-state index in [0.29, 0.717) is 5.56 Å². The van der Waals surface area contributed by atoms with Gasteiger partial charge in [-0.05, 0) is 61.3 Å². The van der Waals surface area contributed by atoms with E-state index in [4.69, 9.17) is 5.10 Å². The molecule has 0 bridgehead atoms. The SMILES string of the molecule is Fc1ccccc1-c1c(CN2CCCCCC2)cnn1-c1ccc(-c2ccccc2)cc1. The van der Waals surface area contributed by atoms with Gasteiger partial charge in [-0.15, -0.1) is 0 Å². The van der Waals surface area contributed by atoms with E-state index in [-0.39, 0.29) is 5.82 Å². The van der Waals surface area contributed by atoms with Crippen LogP contribution < -0.4 is 0 Å². The summed E-state index contributed by atoms with van der Waals surface area (Å²) in [5.41, 5.74) is 5.78. The number of hydrogen-bond acceptors (Lipinski definition) is 2. The summed E-state index contributed by atoms with van der Waals surface area (Å²) in [6.45, 7) is 2.98. The number of benzene rings is 3. The Hall–Kier alpha value is -3.24. The summed E-state index contributed by atoms with van der Waals surface area (Å²) in [6, 6.07) is 25.7. The van der Waals surface area contributed by atoms with Crippen LogP contribution in [0.5, 0.6) is 0 Å². The smallest absolute Gasteiger partial charge is 0.132 e. The van der Waals surface area contributed by atoms with Crippen molar-refractivity contribution in [2.75, 3.05) is 13.1 Å². The van der Waals surface area contributed by atoms with E-state index in [2.05, 4.69) is 41.3 Å². The molecule has 1 fully saturated rings. The van der Waals surface area contributed by atoms with Crippen molar-refractivity contribution in [2.24, 2.45) is 0 Å². The van der Waals surface area contributed by atoms with Crippen molar-refractivity contribution >= 4 is 0 Å². The summed E-state index contributed by atoms with van der Waals surface area (Å²) < 4.78 is 16.8. The van der Waals surface area contributed by atoms with Gasteiger partial charge in [-0.1, -0.05) is 67.4 Å². The molecular weight excluding hydrogens is 397 g/mol. The Bertz CT molecular complexity index is 1160. The molecule has 0 aliphatic carbocycles. The van der Waals surface area contributed by atoms with Gasteiger partial charge >= 0.3 is 0 Å². The van der Waals surface area contributed by atoms with Crippen LogP contribution in [0.4, 0.5) is 4.39 Å². The molecule has 5 rings (SSSR count). The fraction of sp³-hybridized carbons (Fsp3) is 0.250. The van der Waals surface area contributed by atoms with Crippen LogP contribution in [0.1, 0.15) is 31.2 Å². The Kier molecular flexibility index (Phi) is 6.13. The molecule has 0 amide bonds. The van der Waals surface area contributed by atoms with Crippen molar-refractivity contribution in [3.63, 3.8) is 0 Å². The predicted molar refractivity (Wildman–Crippen MR) is 128 cm³/mol. The second-order valence-corrected chi connectivity index (χ2v) is 8.51. The second kappa shape index (κ2) is 9.49. The average Bonchev–Trinajstić information content (AvgIpc) is 3.06. The fourth-order valence-corrected chi connectivity index (χ4v) is 4.60. The van der Waals surface area contributed by atoms with Gasteiger partial charge in [0.1, 0.15) is 5.82 Å². The minimum absolute atomic E-state index is 0.215. The Morgan fingerprint density at radius 3 is 2.09 bits per heavy atom. The first-order valence-electron chi connectivity index (χ1n) is 11.5. The minimum Gasteiger partial charge on any atom is -0.299 e. The lowest BCUT2D eigenvalue weighted by Gasteiger charge is -2.20. The first-order valence-corrected chi connectivity index (χ1v) is 11.5. The number of rotatable bonds is 5. The molecular formula is C28H28FN3. The van der Waals surface area contributed by atoms with Crippen LogP contribution in [0.2, 0.25) is 0 Å². The fourth-order valence-electron chi connectivity index (χ4n) is 4.60. The summed E-state index contributed by atoms with van der Waals surface area (Å²) in [5, 5.41) is 4.72. The van der Waals surface area contributed by atoms with Gasteiger partial charge in [0.25, 0.3) is 0 Å². The largest absolute Gasteiger partial charge is 0.299 e. The zero-order chi connectivity index (χ0) is 21.8. The van der Waals surface area contributed by atoms with E-state index >= 15 is 0 Å². The molecule has 0 unspecified atom stereocenters. The van der Waals surface area contributed by atoms with E-state index in [1.54, 1.807) is 6.07 Å². The van der Waals surface area contributed by atoms with Gasteiger partial charge in [-0.2, -0.15) is 5.10 Å². The standard InChI is InChI=1S/C28H28FN3/c29-27-13-7-6-12-26(27)28-24(21-31-18-8-1-2-9-19-31)20-30-32(28)25-16-14-23(15-17-25)22-10-4-3-5-11-22/h3-7,10-17,20H,1-2,8-9,18-19,21H2. The molecule has 4 aromatic rings. The number of halogens is 1. The van der Waals surface area contributed by atoms with Crippen LogP contribution in [-0.2, 0) is 6.54 Å². The molecule has 0 spiro atoms. The maximum atomic E-state index is 14.9. The Labute approximate surface area is 189 Å². The topological polar surface area (TPSA) is 21.1 Å². The van der Waals surface area contributed by atoms with E-state index in [1.807, 2.05) is 41.2 Å². The van der Waals surface area contributed by atoms with Crippen LogP contribution in [0, 0.1) is 5.82 Å². The summed E-state index contributed by atoms with van der Waals surface area (Å²) in [4.78, 5) is 2.48. The first kappa shape index (κ1) is 20.7. The highest BCUT2D eigenvalue weighted by Gasteiger charge is 2.20. The van der Waals surface area contributed by atoms with Crippen molar-refractivity contribution in [1.82, 2.24) is 14.7 Å². The van der Waals surface area contributed by atoms with Crippen LogP contribution in [0.15, 0.2) is 85.1 Å². The highest BCUT2D eigenvalue weighted by Crippen LogP contribution is 2.31. The highest BCUT2D eigenvalue weighted by atomic mass is 19.1. The van der Waals surface area contributed by atoms with Gasteiger partial charge < -0.3 is 0 Å². The van der Waals surface area contributed by atoms with Gasteiger partial charge in [-0.25, -0.2) is 9.07 Å². The normalized spacial score (nSPS) is 14.9. The molecule has 1 aliphatic heterocycles. The molecule has 0 radical (unpaired) electrons. The number of likely N-dealkylation sites (tertiary alicyclic amines) is 1. The molecule has 1 aromatic heterocycles. The van der Waals surface area contributed by atoms with Crippen molar-refractivity contribution < 1.29 is 4.39 Å². The van der Waals surface area contributed by atoms with Crippen LogP contribution in [-0.4, -0.2) is 27.8 Å². The highest BCUT2D eigenvalue weighted by molar-refractivity contribution is 5.68. The van der Waals surface area contributed by atoms with Crippen molar-refractivity contribution in [3.8, 4) is 28.1 Å². The molecule has 4 heteroatoms. The van der Waals surface area contributed by atoms with E-state index in [9.17, 15) is 4.39 Å². The quantitative estimate of drug-likeness (QED) is 0.354. The van der Waals surface area contributed by atoms with Crippen molar-refractivity contribution in [1.29, 1.82) is 0 Å². The average molecular weight is 426 g/mol. The molecule has 1 saturated heterocycles. The lowest BCUT2D eigenvalue weighted by Crippen LogP contribution is -2.24. The first-order chi connectivity index (χ1) is 15.8. The van der Waals surface area contributed by atoms with E-state index in [1.165, 1.54) is 37.3 Å². The minimum atomic E-state index is -0.215. The van der Waals surface area contributed by atoms with Crippen LogP contribution in [0.3, 0.4) is 0 Å². The molecule has 0 N–H and O–H groups in total. The maximum Gasteiger partial charge on any atom is 0.132 e. The van der Waals surface area contributed by atoms with E-state index < -0.39 is 0 Å². The lowest BCUT2D eigenvalue weighted by molar-refractivity contribution is 0.277. The summed E-state index contributed by atoms with van der Waals surface area (Å²) in [7, 11) is 0. The molecule has 2 heterocycles. The Morgan fingerprint density at radius 2 is 1.38 bits per heavy atom. The zero-order valence-electron chi connectivity index (χ0n) is 18.3. The monoisotopic (exact) mass is 425 g/mol. The van der Waals surface area contributed by atoms with Gasteiger partial charge in [0.2, 0.25) is 0 Å². The third kappa shape index (κ3) is 4.37. The second-order valence-electron chi connectivity index (χ2n) is 8.51. The van der Waals surface area contributed by atoms with Gasteiger partial charge in [0.15, 0.2) is 0 Å². The molecule has 0 saturated carbocycles. The zero-order valence-corrected chi connectivity index (χ0v) is 18.3. The molecule has 0 atom stereocenters. The number of aromatic nitrogens is 2. The Balaban J connectivity index is 1.53. The molecule has 3 aromatic carbocycles. The lowest BCUT2D eigenvalue weighted by atomic mass is 10.0. The third-order valence-corrected chi connectivity index (χ3v) is 6.29. The van der Waals surface area contributed by atoms with Gasteiger partial charge in [0.05, 0.1) is 17.6 Å². The Morgan fingerprint density at radius 1 is 0.719 bits per heavy atom. The number of hydrogen-bond donors (Lipinski definition) is 0. The molecule has 32 heavy (non-hydrogen) atoms. The van der Waals surface area contributed by atoms with Gasteiger partial charge in [-0.3, -0.25) is 4.90 Å². The molecule has 3 nitrogen and oxygen atoms in total. The number of nitrogens with zero attached hydrogens (tertiary/aromatic N) is 3. The van der Waals surface area contributed by atoms with Crippen LogP contribution >= 0.6 is 0 Å². The predicted octanol–water partition coefficient (Wildman–Crippen LogP) is 6.72. The third-order valence-electron chi connectivity index (χ3n) is 6.29. The summed E-state index contributed by atoms with van der Waals surface area (Å²) >= 11 is 0. The van der Waals surface area contributed by atoms with Gasteiger partial charge in [0, 0.05) is 17.7 Å².